The molecule has 4 bridgehead atoms. The van der Waals surface area contributed by atoms with Crippen LogP contribution in [-0.2, 0) is 9.98 Å². The molecule has 7 aromatic carbocycles. The average molecular weight is 798 g/mol. The highest BCUT2D eigenvalue weighted by atomic mass is 31.2. The molecular weight excluding hydrogens is 750 g/mol. The number of rotatable bonds is 8. The van der Waals surface area contributed by atoms with Crippen molar-refractivity contribution in [1.29, 1.82) is 0 Å². The van der Waals surface area contributed by atoms with Gasteiger partial charge in [0, 0.05) is 27.4 Å². The minimum atomic E-state index is -2.44. The van der Waals surface area contributed by atoms with Crippen LogP contribution in [0, 0.1) is 23.7 Å². The summed E-state index contributed by atoms with van der Waals surface area (Å²) in [6.45, 7) is 3.74. The van der Waals surface area contributed by atoms with Gasteiger partial charge >= 0.3 is 0 Å². The highest BCUT2D eigenvalue weighted by Crippen LogP contribution is 2.65. The smallest absolute Gasteiger partial charge is 0.164 e. The molecule has 1 heterocycles. The normalized spacial score (nSPS) is 22.0. The summed E-state index contributed by atoms with van der Waals surface area (Å²) >= 11 is 0. The number of hydrogen-bond donors (Lipinski definition) is 0. The van der Waals surface area contributed by atoms with Crippen molar-refractivity contribution in [3.8, 4) is 56.4 Å². The molecule has 4 aliphatic carbocycles. The van der Waals surface area contributed by atoms with Crippen LogP contribution in [0.1, 0.15) is 43.2 Å². The maximum absolute atomic E-state index is 13.3. The zero-order valence-corrected chi connectivity index (χ0v) is 35.1. The molecule has 1 aromatic heterocycles. The Morgan fingerprint density at radius 1 is 0.433 bits per heavy atom. The summed E-state index contributed by atoms with van der Waals surface area (Å²) in [5.74, 6) is 4.93. The first-order valence-corrected chi connectivity index (χ1v) is 24.2. The molecule has 0 radical (unpaired) electrons. The van der Waals surface area contributed by atoms with E-state index in [9.17, 15) is 4.57 Å². The highest BCUT2D eigenvalue weighted by molar-refractivity contribution is 7.70. The molecule has 12 rings (SSSR count). The van der Waals surface area contributed by atoms with Gasteiger partial charge in [-0.3, -0.25) is 0 Å². The summed E-state index contributed by atoms with van der Waals surface area (Å²) in [5.41, 5.74) is 10.4. The Kier molecular flexibility index (Phi) is 9.05. The van der Waals surface area contributed by atoms with Crippen molar-refractivity contribution in [1.82, 2.24) is 15.0 Å². The maximum atomic E-state index is 13.3. The number of nitrogens with zero attached hydrogens (tertiary/aromatic N) is 3. The molecule has 4 nitrogen and oxygen atoms in total. The van der Waals surface area contributed by atoms with Crippen LogP contribution >= 0.6 is 7.14 Å². The highest BCUT2D eigenvalue weighted by Gasteiger charge is 2.58. The van der Waals surface area contributed by atoms with Crippen LogP contribution in [0.15, 0.2) is 170 Å². The lowest BCUT2D eigenvalue weighted by Crippen LogP contribution is -2.56. The first-order valence-electron chi connectivity index (χ1n) is 21.6. The second kappa shape index (κ2) is 14.6. The van der Waals surface area contributed by atoms with Gasteiger partial charge in [0.2, 0.25) is 0 Å². The third-order valence-corrected chi connectivity index (χ3v) is 15.6. The van der Waals surface area contributed by atoms with Gasteiger partial charge in [-0.2, -0.15) is 0 Å². The molecule has 294 valence electrons. The fourth-order valence-corrected chi connectivity index (χ4v) is 12.9. The third kappa shape index (κ3) is 6.36. The SMILES string of the molecule is CP(C)(=O)c1ccc(-c2ccc(C3(c4ccc(-c5nc(-c6ccccc6)nc(-c6cccc(-c7ccccc7)c6)n5)cc4)C4CC5CC(C4)CC3C5)cc2)c2ccccc12. The lowest BCUT2D eigenvalue weighted by atomic mass is 9.42. The van der Waals surface area contributed by atoms with E-state index in [1.807, 2.05) is 37.6 Å². The Labute approximate surface area is 353 Å². The minimum Gasteiger partial charge on any atom is -0.319 e. The number of benzene rings is 7. The van der Waals surface area contributed by atoms with Crippen molar-refractivity contribution in [3.05, 3.63) is 181 Å². The predicted molar refractivity (Wildman–Crippen MR) is 248 cm³/mol. The Balaban J connectivity index is 0.997. The van der Waals surface area contributed by atoms with Gasteiger partial charge in [-0.25, -0.2) is 15.0 Å². The second-order valence-corrected chi connectivity index (χ2v) is 21.2. The lowest BCUT2D eigenvalue weighted by Gasteiger charge is -2.62. The molecule has 4 saturated carbocycles. The van der Waals surface area contributed by atoms with Crippen LogP contribution in [0.4, 0.5) is 0 Å². The Bertz CT molecular complexity index is 2890. The Morgan fingerprint density at radius 2 is 0.900 bits per heavy atom. The monoisotopic (exact) mass is 797 g/mol. The minimum absolute atomic E-state index is 0.0508. The molecule has 0 aliphatic heterocycles. The molecule has 4 aliphatic rings. The van der Waals surface area contributed by atoms with Crippen LogP contribution in [-0.4, -0.2) is 28.3 Å². The van der Waals surface area contributed by atoms with E-state index in [0.29, 0.717) is 29.3 Å². The van der Waals surface area contributed by atoms with Crippen LogP contribution in [0.2, 0.25) is 0 Å². The van der Waals surface area contributed by atoms with Gasteiger partial charge in [0.05, 0.1) is 0 Å². The quantitative estimate of drug-likeness (QED) is 0.144. The van der Waals surface area contributed by atoms with E-state index in [0.717, 1.165) is 55.7 Å². The van der Waals surface area contributed by atoms with Gasteiger partial charge in [0.25, 0.3) is 0 Å². The fourth-order valence-electron chi connectivity index (χ4n) is 11.7. The second-order valence-electron chi connectivity index (χ2n) is 18.0. The third-order valence-electron chi connectivity index (χ3n) is 14.1. The van der Waals surface area contributed by atoms with Gasteiger partial charge < -0.3 is 4.57 Å². The zero-order valence-electron chi connectivity index (χ0n) is 34.2. The van der Waals surface area contributed by atoms with Crippen LogP contribution < -0.4 is 5.30 Å². The summed E-state index contributed by atoms with van der Waals surface area (Å²) in [6.07, 6.45) is 6.62. The standard InChI is InChI=1S/C55H48N3OP/c1-60(2,59)51-29-28-48(49-18-9-10-19-50(49)51)39-20-24-44(25-21-39)55(46-31-36-30-37(33-46)34-47(55)32-36)45-26-22-41(23-27-45)53-56-52(40-14-7-4-8-15-40)57-54(58-53)43-17-11-16-42(35-43)38-12-5-3-6-13-38/h3-29,35-37,46-47H,30-34H2,1-2H3. The predicted octanol–water partition coefficient (Wildman–Crippen LogP) is 13.3. The summed E-state index contributed by atoms with van der Waals surface area (Å²) < 4.78 is 13.3. The van der Waals surface area contributed by atoms with Gasteiger partial charge in [-0.1, -0.05) is 164 Å². The number of aromatic nitrogens is 3. The van der Waals surface area contributed by atoms with Crippen molar-refractivity contribution >= 4 is 23.2 Å². The van der Waals surface area contributed by atoms with Crippen LogP contribution in [0.5, 0.6) is 0 Å². The van der Waals surface area contributed by atoms with Crippen molar-refractivity contribution in [2.45, 2.75) is 37.5 Å². The van der Waals surface area contributed by atoms with E-state index >= 15 is 0 Å². The largest absolute Gasteiger partial charge is 0.319 e. The Hall–Kier alpha value is -5.96. The molecule has 0 saturated heterocycles. The summed E-state index contributed by atoms with van der Waals surface area (Å²) in [4.78, 5) is 15.3. The summed E-state index contributed by atoms with van der Waals surface area (Å²) in [7, 11) is -2.44. The van der Waals surface area contributed by atoms with Gasteiger partial charge in [0.15, 0.2) is 17.5 Å². The van der Waals surface area contributed by atoms with E-state index < -0.39 is 7.14 Å². The molecule has 0 unspecified atom stereocenters. The van der Waals surface area contributed by atoms with E-state index in [1.165, 1.54) is 54.4 Å². The van der Waals surface area contributed by atoms with E-state index in [1.54, 1.807) is 0 Å². The molecule has 8 aromatic rings. The summed E-state index contributed by atoms with van der Waals surface area (Å²) in [5, 5.41) is 3.20. The van der Waals surface area contributed by atoms with Crippen molar-refractivity contribution in [2.75, 3.05) is 13.3 Å². The average Bonchev–Trinajstić information content (AvgIpc) is 3.29. The molecule has 0 atom stereocenters. The van der Waals surface area contributed by atoms with Gasteiger partial charge in [-0.05, 0) is 119 Å². The lowest BCUT2D eigenvalue weighted by molar-refractivity contribution is -0.0418. The number of hydrogen-bond acceptors (Lipinski definition) is 4. The molecule has 0 N–H and O–H groups in total. The fraction of sp³-hybridized carbons (Fsp3) is 0.218. The summed E-state index contributed by atoms with van der Waals surface area (Å²) in [6, 6.07) is 60.8. The topological polar surface area (TPSA) is 55.7 Å². The van der Waals surface area contributed by atoms with E-state index in [4.69, 9.17) is 15.0 Å². The first kappa shape index (κ1) is 37.1. The van der Waals surface area contributed by atoms with E-state index in [2.05, 4.69) is 146 Å². The van der Waals surface area contributed by atoms with Crippen LogP contribution in [0.25, 0.3) is 67.2 Å². The van der Waals surface area contributed by atoms with Gasteiger partial charge in [0.1, 0.15) is 7.14 Å². The molecule has 0 amide bonds. The van der Waals surface area contributed by atoms with E-state index in [-0.39, 0.29) is 5.41 Å². The first-order chi connectivity index (χ1) is 29.3. The Morgan fingerprint density at radius 3 is 1.48 bits per heavy atom. The van der Waals surface area contributed by atoms with Gasteiger partial charge in [-0.15, -0.1) is 0 Å². The van der Waals surface area contributed by atoms with Crippen molar-refractivity contribution in [2.24, 2.45) is 23.7 Å². The molecule has 5 heteroatoms. The zero-order chi connectivity index (χ0) is 40.4. The molecule has 60 heavy (non-hydrogen) atoms. The molecular formula is C55H48N3OP. The van der Waals surface area contributed by atoms with Crippen molar-refractivity contribution < 1.29 is 4.57 Å². The van der Waals surface area contributed by atoms with Crippen molar-refractivity contribution in [3.63, 3.8) is 0 Å². The number of fused-ring (bicyclic) bond motifs is 1. The molecule has 4 fully saturated rings. The maximum Gasteiger partial charge on any atom is 0.164 e. The molecule has 0 spiro atoms. The van der Waals surface area contributed by atoms with Crippen LogP contribution in [0.3, 0.4) is 0 Å².